The van der Waals surface area contributed by atoms with Crippen molar-refractivity contribution in [1.82, 2.24) is 0 Å². The maximum atomic E-state index is 12.7. The van der Waals surface area contributed by atoms with Crippen molar-refractivity contribution in [3.8, 4) is 0 Å². The van der Waals surface area contributed by atoms with Gasteiger partial charge in [-0.25, -0.2) is 14.7 Å². The highest BCUT2D eigenvalue weighted by molar-refractivity contribution is 9.10. The molecule has 1 aliphatic heterocycles. The van der Waals surface area contributed by atoms with Crippen LogP contribution in [0.5, 0.6) is 0 Å². The fourth-order valence-corrected chi connectivity index (χ4v) is 3.00. The van der Waals surface area contributed by atoms with Crippen LogP contribution in [0.1, 0.15) is 18.1 Å². The van der Waals surface area contributed by atoms with Crippen LogP contribution in [-0.4, -0.2) is 28.6 Å². The Labute approximate surface area is 157 Å². The first-order valence-corrected chi connectivity index (χ1v) is 8.41. The fraction of sp³-hybridized carbons (Fsp3) is 0.0526. The molecule has 7 heteroatoms. The average Bonchev–Trinajstić information content (AvgIpc) is 2.85. The quantitative estimate of drug-likeness (QED) is 0.780. The van der Waals surface area contributed by atoms with Crippen molar-refractivity contribution in [2.45, 2.75) is 6.92 Å². The molecule has 0 aliphatic carbocycles. The van der Waals surface area contributed by atoms with Crippen molar-refractivity contribution in [2.24, 2.45) is 4.99 Å². The van der Waals surface area contributed by atoms with Gasteiger partial charge >= 0.3 is 5.97 Å². The molecule has 3 rings (SSSR count). The third kappa shape index (κ3) is 3.48. The van der Waals surface area contributed by atoms with Gasteiger partial charge < -0.3 is 5.11 Å². The first-order valence-electron chi connectivity index (χ1n) is 7.61. The monoisotopic (exact) mass is 412 g/mol. The van der Waals surface area contributed by atoms with E-state index in [9.17, 15) is 14.4 Å². The normalized spacial score (nSPS) is 14.9. The molecule has 0 aromatic heterocycles. The Hall–Kier alpha value is -3.06. The molecule has 0 saturated carbocycles. The molecule has 0 spiro atoms. The van der Waals surface area contributed by atoms with Crippen molar-refractivity contribution in [3.63, 3.8) is 0 Å². The van der Waals surface area contributed by atoms with Crippen LogP contribution in [0.4, 0.5) is 11.4 Å². The number of carbonyl (C=O) groups excluding carboxylic acids is 2. The van der Waals surface area contributed by atoms with Crippen LogP contribution in [0.15, 0.2) is 58.0 Å². The van der Waals surface area contributed by atoms with Gasteiger partial charge in [-0.2, -0.15) is 0 Å². The number of halogens is 1. The zero-order valence-electron chi connectivity index (χ0n) is 13.6. The molecule has 2 amide bonds. The minimum atomic E-state index is -1.05. The van der Waals surface area contributed by atoms with Crippen LogP contribution in [0.25, 0.3) is 6.08 Å². The number of anilines is 1. The first kappa shape index (κ1) is 17.8. The lowest BCUT2D eigenvalue weighted by Crippen LogP contribution is -2.34. The molecule has 1 heterocycles. The van der Waals surface area contributed by atoms with Crippen LogP contribution in [0, 0.1) is 0 Å². The molecule has 0 bridgehead atoms. The lowest BCUT2D eigenvalue weighted by molar-refractivity contribution is -0.131. The van der Waals surface area contributed by atoms with Gasteiger partial charge in [0.25, 0.3) is 5.91 Å². The number of carboxylic acid groups (broad SMARTS) is 1. The Kier molecular flexibility index (Phi) is 4.81. The molecule has 0 fully saturated rings. The maximum absolute atomic E-state index is 12.7. The Bertz CT molecular complexity index is 995. The number of hydrogen-bond donors (Lipinski definition) is 1. The zero-order chi connectivity index (χ0) is 18.8. The van der Waals surface area contributed by atoms with Crippen LogP contribution < -0.4 is 4.90 Å². The number of carboxylic acids is 1. The summed E-state index contributed by atoms with van der Waals surface area (Å²) < 4.78 is 0.764. The van der Waals surface area contributed by atoms with E-state index in [-0.39, 0.29) is 11.6 Å². The summed E-state index contributed by atoms with van der Waals surface area (Å²) in [6.07, 6.45) is 2.46. The second kappa shape index (κ2) is 7.05. The van der Waals surface area contributed by atoms with Gasteiger partial charge in [0.2, 0.25) is 5.91 Å². The van der Waals surface area contributed by atoms with Crippen molar-refractivity contribution < 1.29 is 19.5 Å². The smallest absolute Gasteiger partial charge is 0.328 e. The summed E-state index contributed by atoms with van der Waals surface area (Å²) in [6, 6.07) is 12.0. The van der Waals surface area contributed by atoms with Crippen molar-refractivity contribution in [2.75, 3.05) is 4.90 Å². The molecular formula is C19H13BrN2O4. The van der Waals surface area contributed by atoms with E-state index in [0.29, 0.717) is 22.5 Å². The Morgan fingerprint density at radius 1 is 1.19 bits per heavy atom. The summed E-state index contributed by atoms with van der Waals surface area (Å²) in [5, 5.41) is 8.72. The predicted molar refractivity (Wildman–Crippen MR) is 102 cm³/mol. The predicted octanol–water partition coefficient (Wildman–Crippen LogP) is 3.56. The number of fused-ring (bicyclic) bond motifs is 1. The third-order valence-electron chi connectivity index (χ3n) is 3.70. The van der Waals surface area contributed by atoms with E-state index in [0.717, 1.165) is 15.4 Å². The standard InChI is InChI=1S/C19H13BrN2O4/c1-11(23)22-16-7-6-13(20)10-15(16)18(19(22)26)21-14-4-2-3-12(9-14)5-8-17(24)25/h2-10H,1H3,(H,24,25)/b8-5+,21-18?. The fourth-order valence-electron chi connectivity index (χ4n) is 2.64. The molecule has 1 N–H and O–H groups in total. The lowest BCUT2D eigenvalue weighted by Gasteiger charge is -2.11. The number of nitrogens with zero attached hydrogens (tertiary/aromatic N) is 2. The molecule has 2 aromatic carbocycles. The molecule has 2 aromatic rings. The Morgan fingerprint density at radius 2 is 1.96 bits per heavy atom. The summed E-state index contributed by atoms with van der Waals surface area (Å²) >= 11 is 3.37. The maximum Gasteiger partial charge on any atom is 0.328 e. The summed E-state index contributed by atoms with van der Waals surface area (Å²) in [7, 11) is 0. The highest BCUT2D eigenvalue weighted by Gasteiger charge is 2.36. The minimum Gasteiger partial charge on any atom is -0.478 e. The molecule has 26 heavy (non-hydrogen) atoms. The van der Waals surface area contributed by atoms with E-state index < -0.39 is 11.9 Å². The number of aliphatic carboxylic acids is 1. The van der Waals surface area contributed by atoms with Gasteiger partial charge in [0.1, 0.15) is 5.71 Å². The average molecular weight is 413 g/mol. The second-order valence-corrected chi connectivity index (χ2v) is 6.46. The summed E-state index contributed by atoms with van der Waals surface area (Å²) in [5.41, 5.74) is 2.34. The van der Waals surface area contributed by atoms with E-state index in [4.69, 9.17) is 5.11 Å². The van der Waals surface area contributed by atoms with Crippen LogP contribution in [-0.2, 0) is 14.4 Å². The third-order valence-corrected chi connectivity index (χ3v) is 4.20. The summed E-state index contributed by atoms with van der Waals surface area (Å²) in [4.78, 5) is 40.7. The van der Waals surface area contributed by atoms with E-state index in [1.165, 1.54) is 13.0 Å². The van der Waals surface area contributed by atoms with E-state index in [1.54, 1.807) is 42.5 Å². The molecule has 0 atom stereocenters. The molecule has 6 nitrogen and oxygen atoms in total. The number of carbonyl (C=O) groups is 3. The molecule has 1 aliphatic rings. The van der Waals surface area contributed by atoms with Crippen LogP contribution in [0.2, 0.25) is 0 Å². The SMILES string of the molecule is CC(=O)N1C(=O)C(=Nc2cccc(/C=C/C(=O)O)c2)c2cc(Br)ccc21. The van der Waals surface area contributed by atoms with Gasteiger partial charge in [0, 0.05) is 23.0 Å². The van der Waals surface area contributed by atoms with Crippen molar-refractivity contribution in [1.29, 1.82) is 0 Å². The van der Waals surface area contributed by atoms with Gasteiger partial charge in [-0.15, -0.1) is 0 Å². The number of amides is 2. The largest absolute Gasteiger partial charge is 0.478 e. The number of rotatable bonds is 3. The van der Waals surface area contributed by atoms with E-state index >= 15 is 0 Å². The van der Waals surface area contributed by atoms with Gasteiger partial charge in [-0.1, -0.05) is 28.1 Å². The number of aliphatic imine (C=N–C) groups is 1. The van der Waals surface area contributed by atoms with Gasteiger partial charge in [-0.3, -0.25) is 9.59 Å². The highest BCUT2D eigenvalue weighted by Crippen LogP contribution is 2.33. The second-order valence-electron chi connectivity index (χ2n) is 5.55. The number of imide groups is 1. The zero-order valence-corrected chi connectivity index (χ0v) is 15.2. The van der Waals surface area contributed by atoms with Crippen LogP contribution >= 0.6 is 15.9 Å². The van der Waals surface area contributed by atoms with Gasteiger partial charge in [0.15, 0.2) is 0 Å². The summed E-state index contributed by atoms with van der Waals surface area (Å²) in [5.74, 6) is -1.93. The Morgan fingerprint density at radius 3 is 2.65 bits per heavy atom. The number of hydrogen-bond acceptors (Lipinski definition) is 4. The Balaban J connectivity index is 2.08. The molecule has 0 radical (unpaired) electrons. The van der Waals surface area contributed by atoms with Gasteiger partial charge in [0.05, 0.1) is 11.4 Å². The summed E-state index contributed by atoms with van der Waals surface area (Å²) in [6.45, 7) is 1.32. The molecular weight excluding hydrogens is 400 g/mol. The molecule has 0 saturated heterocycles. The van der Waals surface area contributed by atoms with Crippen molar-refractivity contribution >= 4 is 56.9 Å². The highest BCUT2D eigenvalue weighted by atomic mass is 79.9. The van der Waals surface area contributed by atoms with E-state index in [2.05, 4.69) is 20.9 Å². The molecule has 130 valence electrons. The van der Waals surface area contributed by atoms with Gasteiger partial charge in [-0.05, 0) is 42.0 Å². The lowest BCUT2D eigenvalue weighted by atomic mass is 10.1. The topological polar surface area (TPSA) is 87.0 Å². The van der Waals surface area contributed by atoms with Crippen molar-refractivity contribution in [3.05, 3.63) is 64.1 Å². The van der Waals surface area contributed by atoms with E-state index in [1.807, 2.05) is 0 Å². The minimum absolute atomic E-state index is 0.163. The first-order chi connectivity index (χ1) is 12.4. The molecule has 0 unspecified atom stereocenters. The number of benzene rings is 2. The van der Waals surface area contributed by atoms with Crippen LogP contribution in [0.3, 0.4) is 0 Å².